The van der Waals surface area contributed by atoms with Crippen molar-refractivity contribution in [3.63, 3.8) is 0 Å². The van der Waals surface area contributed by atoms with Gasteiger partial charge in [-0.15, -0.1) is 24.0 Å². The van der Waals surface area contributed by atoms with Crippen LogP contribution in [0.4, 0.5) is 0 Å². The number of benzene rings is 2. The number of aliphatic imine (C=N–C) groups is 1. The van der Waals surface area contributed by atoms with Gasteiger partial charge in [0, 0.05) is 26.2 Å². The van der Waals surface area contributed by atoms with E-state index in [0.29, 0.717) is 0 Å². The third-order valence-electron chi connectivity index (χ3n) is 5.88. The lowest BCUT2D eigenvalue weighted by atomic mass is 10.1. The molecule has 0 spiro atoms. The van der Waals surface area contributed by atoms with E-state index in [-0.39, 0.29) is 24.0 Å². The number of halogens is 1. The number of guanidine groups is 1. The minimum Gasteiger partial charge on any atom is -0.497 e. The molecule has 0 aliphatic carbocycles. The summed E-state index contributed by atoms with van der Waals surface area (Å²) in [4.78, 5) is 9.73. The van der Waals surface area contributed by atoms with Crippen molar-refractivity contribution in [2.45, 2.75) is 32.2 Å². The number of hydrogen-bond donors (Lipinski definition) is 1. The summed E-state index contributed by atoms with van der Waals surface area (Å²) in [6, 6.07) is 12.8. The fourth-order valence-electron chi connectivity index (χ4n) is 4.18. The molecule has 2 heterocycles. The minimum absolute atomic E-state index is 0. The van der Waals surface area contributed by atoms with Gasteiger partial charge in [0.1, 0.15) is 5.75 Å². The van der Waals surface area contributed by atoms with E-state index in [4.69, 9.17) is 9.73 Å². The monoisotopic (exact) mass is 508 g/mol. The lowest BCUT2D eigenvalue weighted by molar-refractivity contribution is 0.257. The molecule has 29 heavy (non-hydrogen) atoms. The van der Waals surface area contributed by atoms with Crippen LogP contribution in [0.3, 0.4) is 0 Å². The van der Waals surface area contributed by atoms with Crippen LogP contribution >= 0.6 is 24.0 Å². The van der Waals surface area contributed by atoms with Crippen LogP contribution in [-0.2, 0) is 6.54 Å². The van der Waals surface area contributed by atoms with Gasteiger partial charge in [0.2, 0.25) is 0 Å². The second-order valence-corrected chi connectivity index (χ2v) is 7.85. The molecule has 0 radical (unpaired) electrons. The van der Waals surface area contributed by atoms with Crippen molar-refractivity contribution < 1.29 is 4.74 Å². The maximum absolute atomic E-state index is 5.32. The van der Waals surface area contributed by atoms with Gasteiger partial charge in [-0.2, -0.15) is 0 Å². The van der Waals surface area contributed by atoms with E-state index >= 15 is 0 Å². The number of likely N-dealkylation sites (tertiary alicyclic amines) is 1. The molecule has 2 aliphatic rings. The van der Waals surface area contributed by atoms with Gasteiger partial charge in [0.25, 0.3) is 0 Å². The summed E-state index contributed by atoms with van der Waals surface area (Å²) < 4.78 is 5.32. The fraction of sp³-hybridized carbons (Fsp3) is 0.522. The minimum atomic E-state index is 0. The van der Waals surface area contributed by atoms with Gasteiger partial charge in [-0.3, -0.25) is 4.99 Å². The Morgan fingerprint density at radius 3 is 2.48 bits per heavy atom. The standard InChI is InChI=1S/C23H32N4O.HI/c1-28-22-9-8-20-16-19(6-7-21(20)17-22)18-25-23-24-10-13-27(23)15-14-26-11-4-2-3-5-12-26;/h6-9,16-17H,2-5,10-15,18H2,1H3,(H,24,25);1H. The summed E-state index contributed by atoms with van der Waals surface area (Å²) in [5.41, 5.74) is 1.28. The van der Waals surface area contributed by atoms with E-state index in [1.807, 2.05) is 6.07 Å². The first-order valence-corrected chi connectivity index (χ1v) is 10.6. The van der Waals surface area contributed by atoms with Crippen LogP contribution in [0.15, 0.2) is 41.4 Å². The number of rotatable bonds is 6. The van der Waals surface area contributed by atoms with E-state index in [9.17, 15) is 0 Å². The van der Waals surface area contributed by atoms with Crippen molar-refractivity contribution in [1.82, 2.24) is 15.1 Å². The lowest BCUT2D eigenvalue weighted by Gasteiger charge is -2.26. The Morgan fingerprint density at radius 2 is 1.69 bits per heavy atom. The molecular formula is C23H33IN4O. The fourth-order valence-corrected chi connectivity index (χ4v) is 4.18. The maximum atomic E-state index is 5.32. The van der Waals surface area contributed by atoms with Gasteiger partial charge < -0.3 is 19.9 Å². The van der Waals surface area contributed by atoms with Crippen LogP contribution < -0.4 is 10.1 Å². The second kappa shape index (κ2) is 11.0. The number of hydrogen-bond acceptors (Lipinski definition) is 5. The summed E-state index contributed by atoms with van der Waals surface area (Å²) in [6.45, 7) is 7.49. The van der Waals surface area contributed by atoms with E-state index in [1.54, 1.807) is 7.11 Å². The lowest BCUT2D eigenvalue weighted by Crippen LogP contribution is -2.42. The molecule has 5 nitrogen and oxygen atoms in total. The second-order valence-electron chi connectivity index (χ2n) is 7.85. The van der Waals surface area contributed by atoms with E-state index in [1.165, 1.54) is 55.1 Å². The number of methoxy groups -OCH3 is 1. The number of nitrogens with one attached hydrogen (secondary N) is 1. The molecule has 0 unspecified atom stereocenters. The molecule has 6 heteroatoms. The molecule has 1 saturated heterocycles. The topological polar surface area (TPSA) is 40.1 Å². The molecule has 1 fully saturated rings. The third-order valence-corrected chi connectivity index (χ3v) is 5.88. The average Bonchev–Trinajstić information content (AvgIpc) is 3.02. The molecule has 2 aromatic rings. The Balaban J connectivity index is 0.00000240. The predicted molar refractivity (Wildman–Crippen MR) is 132 cm³/mol. The van der Waals surface area contributed by atoms with Gasteiger partial charge in [-0.05, 0) is 60.5 Å². The van der Waals surface area contributed by atoms with Crippen LogP contribution in [0.1, 0.15) is 31.2 Å². The molecule has 0 amide bonds. The largest absolute Gasteiger partial charge is 0.497 e. The van der Waals surface area contributed by atoms with Crippen LogP contribution in [0.5, 0.6) is 5.75 Å². The van der Waals surface area contributed by atoms with Crippen molar-refractivity contribution in [2.24, 2.45) is 4.99 Å². The summed E-state index contributed by atoms with van der Waals surface area (Å²) in [6.07, 6.45) is 5.50. The molecule has 0 saturated carbocycles. The SMILES string of the molecule is COc1ccc2cc(CNC3=NCCN3CCN3CCCCCC3)ccc2c1.I. The highest BCUT2D eigenvalue weighted by Gasteiger charge is 2.18. The summed E-state index contributed by atoms with van der Waals surface area (Å²) >= 11 is 0. The van der Waals surface area contributed by atoms with Crippen LogP contribution in [-0.4, -0.2) is 62.1 Å². The molecule has 1 N–H and O–H groups in total. The highest BCUT2D eigenvalue weighted by Crippen LogP contribution is 2.22. The first-order chi connectivity index (χ1) is 13.8. The number of ether oxygens (including phenoxy) is 1. The Kier molecular flexibility index (Phi) is 8.41. The van der Waals surface area contributed by atoms with Crippen molar-refractivity contribution in [2.75, 3.05) is 46.4 Å². The van der Waals surface area contributed by atoms with Gasteiger partial charge in [-0.1, -0.05) is 31.0 Å². The number of fused-ring (bicyclic) bond motifs is 1. The van der Waals surface area contributed by atoms with E-state index in [0.717, 1.165) is 44.4 Å². The summed E-state index contributed by atoms with van der Waals surface area (Å²) in [5.74, 6) is 1.96. The maximum Gasteiger partial charge on any atom is 0.194 e. The zero-order chi connectivity index (χ0) is 19.2. The zero-order valence-corrected chi connectivity index (χ0v) is 19.7. The van der Waals surface area contributed by atoms with Crippen molar-refractivity contribution in [3.05, 3.63) is 42.0 Å². The van der Waals surface area contributed by atoms with Crippen LogP contribution in [0, 0.1) is 0 Å². The quantitative estimate of drug-likeness (QED) is 0.597. The molecular weight excluding hydrogens is 475 g/mol. The Morgan fingerprint density at radius 1 is 0.931 bits per heavy atom. The molecule has 0 bridgehead atoms. The number of nitrogens with zero attached hydrogens (tertiary/aromatic N) is 3. The Bertz CT molecular complexity index is 818. The normalized spacial score (nSPS) is 17.6. The van der Waals surface area contributed by atoms with E-state index < -0.39 is 0 Å². The molecule has 4 rings (SSSR count). The highest BCUT2D eigenvalue weighted by molar-refractivity contribution is 14.0. The molecule has 2 aromatic carbocycles. The highest BCUT2D eigenvalue weighted by atomic mass is 127. The van der Waals surface area contributed by atoms with Crippen LogP contribution in [0.25, 0.3) is 10.8 Å². The van der Waals surface area contributed by atoms with Crippen LogP contribution in [0.2, 0.25) is 0 Å². The third kappa shape index (κ3) is 5.98. The summed E-state index contributed by atoms with van der Waals surface area (Å²) in [5, 5.41) is 6.02. The van der Waals surface area contributed by atoms with Gasteiger partial charge in [0.15, 0.2) is 5.96 Å². The summed E-state index contributed by atoms with van der Waals surface area (Å²) in [7, 11) is 1.71. The molecule has 0 atom stereocenters. The average molecular weight is 508 g/mol. The molecule has 2 aliphatic heterocycles. The van der Waals surface area contributed by atoms with Gasteiger partial charge >= 0.3 is 0 Å². The van der Waals surface area contributed by atoms with Crippen molar-refractivity contribution in [3.8, 4) is 5.75 Å². The van der Waals surface area contributed by atoms with Crippen molar-refractivity contribution >= 4 is 40.7 Å². The Labute approximate surface area is 191 Å². The van der Waals surface area contributed by atoms with E-state index in [2.05, 4.69) is 45.4 Å². The smallest absolute Gasteiger partial charge is 0.194 e. The van der Waals surface area contributed by atoms with Gasteiger partial charge in [-0.25, -0.2) is 0 Å². The first kappa shape index (κ1) is 22.2. The first-order valence-electron chi connectivity index (χ1n) is 10.6. The molecule has 158 valence electrons. The van der Waals surface area contributed by atoms with Gasteiger partial charge in [0.05, 0.1) is 13.7 Å². The Hall–Kier alpha value is -1.54. The predicted octanol–water partition coefficient (Wildman–Crippen LogP) is 4.10. The zero-order valence-electron chi connectivity index (χ0n) is 17.4. The molecule has 0 aromatic heterocycles. The van der Waals surface area contributed by atoms with Crippen molar-refractivity contribution in [1.29, 1.82) is 0 Å².